The molecule has 3 aromatic heterocycles. The number of rotatable bonds is 4. The van der Waals surface area contributed by atoms with E-state index in [1.165, 1.54) is 47.9 Å². The molecule has 23 heavy (non-hydrogen) atoms. The van der Waals surface area contributed by atoms with Crippen molar-refractivity contribution < 1.29 is 0 Å². The monoisotopic (exact) mass is 326 g/mol. The maximum absolute atomic E-state index is 4.50. The van der Waals surface area contributed by atoms with Crippen LogP contribution in [-0.2, 0) is 19.4 Å². The molecule has 3 heterocycles. The van der Waals surface area contributed by atoms with Crippen LogP contribution >= 0.6 is 11.3 Å². The van der Waals surface area contributed by atoms with Gasteiger partial charge in [-0.2, -0.15) is 0 Å². The molecule has 0 atom stereocenters. The topological polar surface area (TPSA) is 68.5 Å². The second-order valence-corrected chi connectivity index (χ2v) is 7.44. The maximum Gasteiger partial charge on any atom is 0.152 e. The van der Waals surface area contributed by atoms with Crippen molar-refractivity contribution in [1.29, 1.82) is 0 Å². The van der Waals surface area contributed by atoms with E-state index in [4.69, 9.17) is 0 Å². The van der Waals surface area contributed by atoms with Gasteiger partial charge in [0, 0.05) is 10.9 Å². The summed E-state index contributed by atoms with van der Waals surface area (Å²) >= 11 is 1.83. The zero-order valence-electron chi connectivity index (χ0n) is 12.8. The number of aryl methyl sites for hydroxylation is 2. The van der Waals surface area contributed by atoms with Gasteiger partial charge in [0.25, 0.3) is 0 Å². The molecule has 0 aliphatic heterocycles. The van der Waals surface area contributed by atoms with E-state index in [0.29, 0.717) is 12.6 Å². The van der Waals surface area contributed by atoms with Crippen LogP contribution in [0.15, 0.2) is 12.7 Å². The Morgan fingerprint density at radius 1 is 1.22 bits per heavy atom. The molecule has 3 aromatic rings. The molecule has 1 fully saturated rings. The summed E-state index contributed by atoms with van der Waals surface area (Å²) < 4.78 is 2.19. The lowest BCUT2D eigenvalue weighted by Crippen LogP contribution is -2.09. The van der Waals surface area contributed by atoms with Gasteiger partial charge in [-0.25, -0.2) is 9.97 Å². The second-order valence-electron chi connectivity index (χ2n) is 6.35. The summed E-state index contributed by atoms with van der Waals surface area (Å²) in [7, 11) is 0. The molecule has 1 saturated carbocycles. The Balaban J connectivity index is 1.48. The molecule has 0 spiro atoms. The highest BCUT2D eigenvalue weighted by molar-refractivity contribution is 7.19. The largest absolute Gasteiger partial charge is 0.362 e. The van der Waals surface area contributed by atoms with E-state index in [9.17, 15) is 0 Å². The molecule has 6 nitrogen and oxygen atoms in total. The van der Waals surface area contributed by atoms with Crippen molar-refractivity contribution in [3.8, 4) is 0 Å². The van der Waals surface area contributed by atoms with Crippen LogP contribution in [0, 0.1) is 0 Å². The summed E-state index contributed by atoms with van der Waals surface area (Å²) in [6, 6.07) is 0.598. The molecule has 0 amide bonds. The lowest BCUT2D eigenvalue weighted by Gasteiger charge is -2.12. The highest BCUT2D eigenvalue weighted by Gasteiger charge is 2.26. The fourth-order valence-electron chi connectivity index (χ4n) is 3.44. The highest BCUT2D eigenvalue weighted by atomic mass is 32.1. The van der Waals surface area contributed by atoms with Crippen LogP contribution in [0.3, 0.4) is 0 Å². The van der Waals surface area contributed by atoms with Crippen molar-refractivity contribution in [1.82, 2.24) is 24.7 Å². The molecule has 0 radical (unpaired) electrons. The number of fused-ring (bicyclic) bond motifs is 3. The van der Waals surface area contributed by atoms with Gasteiger partial charge in [-0.05, 0) is 44.1 Å². The summed E-state index contributed by atoms with van der Waals surface area (Å²) in [6.07, 6.45) is 10.9. The number of thiophene rings is 1. The van der Waals surface area contributed by atoms with Gasteiger partial charge >= 0.3 is 0 Å². The van der Waals surface area contributed by atoms with Crippen molar-refractivity contribution >= 4 is 27.4 Å². The van der Waals surface area contributed by atoms with E-state index in [0.717, 1.165) is 22.9 Å². The molecule has 7 heteroatoms. The minimum absolute atomic E-state index is 0.598. The summed E-state index contributed by atoms with van der Waals surface area (Å²) in [5.41, 5.74) is 1.46. The van der Waals surface area contributed by atoms with E-state index in [1.807, 2.05) is 17.7 Å². The van der Waals surface area contributed by atoms with Gasteiger partial charge in [0.2, 0.25) is 0 Å². The predicted octanol–water partition coefficient (Wildman–Crippen LogP) is 3.11. The maximum atomic E-state index is 4.50. The van der Waals surface area contributed by atoms with Gasteiger partial charge in [-0.1, -0.05) is 0 Å². The van der Waals surface area contributed by atoms with Gasteiger partial charge in [0.15, 0.2) is 5.82 Å². The van der Waals surface area contributed by atoms with Crippen LogP contribution in [0.5, 0.6) is 0 Å². The molecule has 0 aromatic carbocycles. The number of nitrogens with zero attached hydrogens (tertiary/aromatic N) is 5. The van der Waals surface area contributed by atoms with E-state index in [1.54, 1.807) is 6.33 Å². The Morgan fingerprint density at radius 2 is 2.13 bits per heavy atom. The first-order valence-corrected chi connectivity index (χ1v) is 9.09. The minimum atomic E-state index is 0.598. The molecule has 2 aliphatic carbocycles. The van der Waals surface area contributed by atoms with Crippen LogP contribution in [0.25, 0.3) is 10.2 Å². The van der Waals surface area contributed by atoms with Crippen LogP contribution < -0.4 is 5.32 Å². The molecule has 2 aliphatic rings. The summed E-state index contributed by atoms with van der Waals surface area (Å²) in [4.78, 5) is 11.6. The normalized spacial score (nSPS) is 17.4. The van der Waals surface area contributed by atoms with Crippen LogP contribution in [-0.4, -0.2) is 24.7 Å². The highest BCUT2D eigenvalue weighted by Crippen LogP contribution is 2.38. The molecule has 0 unspecified atom stereocenters. The first-order chi connectivity index (χ1) is 11.4. The predicted molar refractivity (Wildman–Crippen MR) is 89.7 cm³/mol. The smallest absolute Gasteiger partial charge is 0.152 e. The fourth-order valence-corrected chi connectivity index (χ4v) is 4.67. The molecule has 0 bridgehead atoms. The Kier molecular flexibility index (Phi) is 3.07. The van der Waals surface area contributed by atoms with Crippen molar-refractivity contribution in [3.63, 3.8) is 0 Å². The zero-order valence-corrected chi connectivity index (χ0v) is 13.6. The van der Waals surface area contributed by atoms with Gasteiger partial charge in [-0.15, -0.1) is 21.5 Å². The average molecular weight is 326 g/mol. The van der Waals surface area contributed by atoms with Gasteiger partial charge in [0.1, 0.15) is 23.3 Å². The van der Waals surface area contributed by atoms with Crippen LogP contribution in [0.1, 0.15) is 48.0 Å². The SMILES string of the molecule is c1nc(NCc2nncn2C2CC2)c2c3c(sc2n1)CCCC3. The first kappa shape index (κ1) is 13.4. The molecular formula is C16H18N6S. The first-order valence-electron chi connectivity index (χ1n) is 8.27. The van der Waals surface area contributed by atoms with Crippen molar-refractivity contribution in [2.45, 2.75) is 51.1 Å². The zero-order chi connectivity index (χ0) is 15.2. The van der Waals surface area contributed by atoms with Crippen molar-refractivity contribution in [2.75, 3.05) is 5.32 Å². The molecule has 1 N–H and O–H groups in total. The molecule has 0 saturated heterocycles. The number of hydrogen-bond acceptors (Lipinski definition) is 6. The Bertz CT molecular complexity index is 863. The molecular weight excluding hydrogens is 308 g/mol. The minimum Gasteiger partial charge on any atom is -0.362 e. The molecule has 118 valence electrons. The standard InChI is InChI=1S/C16H18N6S/c1-2-4-12-11(3-1)14-15(18-8-19-16(14)23-12)17-7-13-21-20-9-22(13)10-5-6-10/h8-10H,1-7H2,(H,17,18,19). The number of anilines is 1. The van der Waals surface area contributed by atoms with E-state index < -0.39 is 0 Å². The van der Waals surface area contributed by atoms with Gasteiger partial charge in [-0.3, -0.25) is 0 Å². The number of aromatic nitrogens is 5. The third-order valence-electron chi connectivity index (χ3n) is 4.75. The summed E-state index contributed by atoms with van der Waals surface area (Å²) in [5.74, 6) is 1.93. The second kappa shape index (κ2) is 5.26. The van der Waals surface area contributed by atoms with E-state index >= 15 is 0 Å². The van der Waals surface area contributed by atoms with Gasteiger partial charge < -0.3 is 9.88 Å². The summed E-state index contributed by atoms with van der Waals surface area (Å²) in [6.45, 7) is 0.660. The summed E-state index contributed by atoms with van der Waals surface area (Å²) in [5, 5.41) is 13.0. The third kappa shape index (κ3) is 2.30. The Hall–Kier alpha value is -2.02. The van der Waals surface area contributed by atoms with Gasteiger partial charge in [0.05, 0.1) is 11.9 Å². The molecule has 5 rings (SSSR count). The van der Waals surface area contributed by atoms with E-state index in [-0.39, 0.29) is 0 Å². The van der Waals surface area contributed by atoms with Crippen molar-refractivity contribution in [3.05, 3.63) is 28.9 Å². The average Bonchev–Trinajstić information content (AvgIpc) is 3.19. The lowest BCUT2D eigenvalue weighted by molar-refractivity contribution is 0.689. The third-order valence-corrected chi connectivity index (χ3v) is 5.95. The lowest BCUT2D eigenvalue weighted by atomic mass is 9.97. The Morgan fingerprint density at radius 3 is 3.04 bits per heavy atom. The van der Waals surface area contributed by atoms with Crippen molar-refractivity contribution in [2.24, 2.45) is 0 Å². The number of hydrogen-bond donors (Lipinski definition) is 1. The van der Waals surface area contributed by atoms with Crippen LogP contribution in [0.2, 0.25) is 0 Å². The number of nitrogens with one attached hydrogen (secondary N) is 1. The fraction of sp³-hybridized carbons (Fsp3) is 0.500. The van der Waals surface area contributed by atoms with Crippen LogP contribution in [0.4, 0.5) is 5.82 Å². The Labute approximate surface area is 138 Å². The van der Waals surface area contributed by atoms with E-state index in [2.05, 4.69) is 30.0 Å². The quantitative estimate of drug-likeness (QED) is 0.798.